The van der Waals surface area contributed by atoms with Crippen LogP contribution >= 0.6 is 11.3 Å². The van der Waals surface area contributed by atoms with E-state index in [1.807, 2.05) is 13.8 Å². The van der Waals surface area contributed by atoms with Crippen molar-refractivity contribution in [2.75, 3.05) is 5.32 Å². The molecule has 2 aromatic heterocycles. The highest BCUT2D eigenvalue weighted by Crippen LogP contribution is 2.09. The molecule has 0 amide bonds. The molecule has 6 nitrogen and oxygen atoms in total. The average molecular weight is 266 g/mol. The van der Waals surface area contributed by atoms with E-state index in [1.165, 1.54) is 6.07 Å². The number of H-pyrrole nitrogens is 2. The van der Waals surface area contributed by atoms with Crippen LogP contribution in [0.1, 0.15) is 31.3 Å². The fourth-order valence-electron chi connectivity index (χ4n) is 1.43. The zero-order valence-electron chi connectivity index (χ0n) is 10.1. The Kier molecular flexibility index (Phi) is 3.61. The Hall–Kier alpha value is -1.89. The second-order valence-corrected chi connectivity index (χ2v) is 5.04. The van der Waals surface area contributed by atoms with Gasteiger partial charge in [-0.25, -0.2) is 4.98 Å². The highest BCUT2D eigenvalue weighted by Gasteiger charge is 2.05. The van der Waals surface area contributed by atoms with Crippen molar-refractivity contribution in [3.8, 4) is 0 Å². The molecule has 0 unspecified atom stereocenters. The predicted octanol–water partition coefficient (Wildman–Crippen LogP) is 1.26. The Bertz CT molecular complexity index is 641. The third kappa shape index (κ3) is 3.07. The molecule has 0 atom stereocenters. The van der Waals surface area contributed by atoms with Gasteiger partial charge in [0.25, 0.3) is 5.56 Å². The number of rotatable bonds is 4. The fourth-order valence-corrected chi connectivity index (χ4v) is 2.01. The Morgan fingerprint density at radius 2 is 2.17 bits per heavy atom. The standard InChI is InChI=1S/C11H14N4O2S/c1-6(2)10-14-8(3-9(16)15-10)12-4-7-5-18-11(17)13-7/h3,5-6H,4H2,1-2H3,(H,13,17)(H2,12,14,15,16). The maximum absolute atomic E-state index is 11.4. The van der Waals surface area contributed by atoms with Crippen LogP contribution < -0.4 is 15.7 Å². The lowest BCUT2D eigenvalue weighted by Crippen LogP contribution is -2.14. The first kappa shape index (κ1) is 12.6. The lowest BCUT2D eigenvalue weighted by Gasteiger charge is -2.08. The van der Waals surface area contributed by atoms with Gasteiger partial charge in [0.05, 0.1) is 6.54 Å². The third-order valence-electron chi connectivity index (χ3n) is 2.34. The van der Waals surface area contributed by atoms with Crippen molar-refractivity contribution in [2.45, 2.75) is 26.3 Å². The van der Waals surface area contributed by atoms with Gasteiger partial charge in [-0.1, -0.05) is 25.2 Å². The molecule has 0 spiro atoms. The van der Waals surface area contributed by atoms with Gasteiger partial charge in [0.15, 0.2) is 0 Å². The van der Waals surface area contributed by atoms with Crippen molar-refractivity contribution in [2.24, 2.45) is 0 Å². The monoisotopic (exact) mass is 266 g/mol. The summed E-state index contributed by atoms with van der Waals surface area (Å²) in [6, 6.07) is 1.40. The number of hydrogen-bond donors (Lipinski definition) is 3. The van der Waals surface area contributed by atoms with E-state index >= 15 is 0 Å². The molecule has 0 bridgehead atoms. The summed E-state index contributed by atoms with van der Waals surface area (Å²) in [5.74, 6) is 1.30. The van der Waals surface area contributed by atoms with Crippen LogP contribution in [0.3, 0.4) is 0 Å². The number of nitrogens with zero attached hydrogens (tertiary/aromatic N) is 1. The smallest absolute Gasteiger partial charge is 0.304 e. The van der Waals surface area contributed by atoms with Gasteiger partial charge in [0.2, 0.25) is 0 Å². The second-order valence-electron chi connectivity index (χ2n) is 4.20. The Morgan fingerprint density at radius 3 is 2.78 bits per heavy atom. The van der Waals surface area contributed by atoms with Gasteiger partial charge in [0, 0.05) is 23.1 Å². The van der Waals surface area contributed by atoms with Gasteiger partial charge >= 0.3 is 4.87 Å². The van der Waals surface area contributed by atoms with E-state index in [0.29, 0.717) is 18.2 Å². The van der Waals surface area contributed by atoms with Crippen LogP contribution in [0.5, 0.6) is 0 Å². The minimum Gasteiger partial charge on any atom is -0.364 e. The summed E-state index contributed by atoms with van der Waals surface area (Å²) >= 11 is 1.11. The molecule has 0 saturated carbocycles. The summed E-state index contributed by atoms with van der Waals surface area (Å²) in [6.07, 6.45) is 0. The first-order chi connectivity index (χ1) is 8.54. The molecule has 96 valence electrons. The third-order valence-corrected chi connectivity index (χ3v) is 3.06. The highest BCUT2D eigenvalue weighted by molar-refractivity contribution is 7.07. The molecule has 0 aliphatic carbocycles. The average Bonchev–Trinajstić information content (AvgIpc) is 2.72. The largest absolute Gasteiger partial charge is 0.364 e. The number of anilines is 1. The van der Waals surface area contributed by atoms with Crippen LogP contribution in [0.4, 0.5) is 5.82 Å². The summed E-state index contributed by atoms with van der Waals surface area (Å²) in [4.78, 5) is 32.0. The van der Waals surface area contributed by atoms with Crippen LogP contribution in [0.15, 0.2) is 21.0 Å². The van der Waals surface area contributed by atoms with Gasteiger partial charge in [-0.3, -0.25) is 9.59 Å². The molecule has 2 aromatic rings. The summed E-state index contributed by atoms with van der Waals surface area (Å²) in [7, 11) is 0. The molecule has 3 N–H and O–H groups in total. The molecule has 2 heterocycles. The van der Waals surface area contributed by atoms with Crippen LogP contribution in [-0.2, 0) is 6.54 Å². The number of aromatic amines is 2. The zero-order chi connectivity index (χ0) is 13.1. The van der Waals surface area contributed by atoms with Crippen LogP contribution in [0.2, 0.25) is 0 Å². The normalized spacial score (nSPS) is 10.8. The van der Waals surface area contributed by atoms with E-state index in [0.717, 1.165) is 17.0 Å². The lowest BCUT2D eigenvalue weighted by atomic mass is 10.2. The Morgan fingerprint density at radius 1 is 1.39 bits per heavy atom. The number of aromatic nitrogens is 3. The molecular formula is C11H14N4O2S. The van der Waals surface area contributed by atoms with Gasteiger partial charge in [-0.05, 0) is 0 Å². The van der Waals surface area contributed by atoms with Crippen molar-refractivity contribution < 1.29 is 0 Å². The fraction of sp³-hybridized carbons (Fsp3) is 0.364. The predicted molar refractivity (Wildman–Crippen MR) is 71.2 cm³/mol. The first-order valence-corrected chi connectivity index (χ1v) is 6.44. The molecule has 0 aromatic carbocycles. The number of hydrogen-bond acceptors (Lipinski definition) is 5. The molecule has 0 aliphatic heterocycles. The first-order valence-electron chi connectivity index (χ1n) is 5.56. The maximum Gasteiger partial charge on any atom is 0.304 e. The summed E-state index contributed by atoms with van der Waals surface area (Å²) < 4.78 is 0. The molecule has 2 rings (SSSR count). The van der Waals surface area contributed by atoms with Crippen LogP contribution in [-0.4, -0.2) is 15.0 Å². The van der Waals surface area contributed by atoms with Crippen molar-refractivity contribution >= 4 is 17.2 Å². The minimum atomic E-state index is -0.185. The van der Waals surface area contributed by atoms with Crippen LogP contribution in [0, 0.1) is 0 Å². The Labute approximate surface area is 107 Å². The van der Waals surface area contributed by atoms with E-state index < -0.39 is 0 Å². The van der Waals surface area contributed by atoms with Crippen molar-refractivity contribution in [1.82, 2.24) is 15.0 Å². The van der Waals surface area contributed by atoms with E-state index in [-0.39, 0.29) is 16.4 Å². The summed E-state index contributed by atoms with van der Waals surface area (Å²) in [5.41, 5.74) is 0.591. The topological polar surface area (TPSA) is 90.6 Å². The number of nitrogens with one attached hydrogen (secondary N) is 3. The SMILES string of the molecule is CC(C)c1nc(NCc2csc(=O)[nH]2)cc(=O)[nH]1. The lowest BCUT2D eigenvalue weighted by molar-refractivity contribution is 0.766. The van der Waals surface area contributed by atoms with Gasteiger partial charge in [-0.2, -0.15) is 0 Å². The molecule has 0 radical (unpaired) electrons. The van der Waals surface area contributed by atoms with Gasteiger partial charge < -0.3 is 15.3 Å². The second kappa shape index (κ2) is 5.18. The molecule has 7 heteroatoms. The Balaban J connectivity index is 2.14. The van der Waals surface area contributed by atoms with Gasteiger partial charge in [-0.15, -0.1) is 0 Å². The van der Waals surface area contributed by atoms with Crippen molar-refractivity contribution in [3.63, 3.8) is 0 Å². The van der Waals surface area contributed by atoms with E-state index in [4.69, 9.17) is 0 Å². The highest BCUT2D eigenvalue weighted by atomic mass is 32.1. The summed E-state index contributed by atoms with van der Waals surface area (Å²) in [5, 5.41) is 4.76. The van der Waals surface area contributed by atoms with E-state index in [2.05, 4.69) is 20.3 Å². The van der Waals surface area contributed by atoms with Gasteiger partial charge in [0.1, 0.15) is 11.6 Å². The zero-order valence-corrected chi connectivity index (χ0v) is 10.9. The summed E-state index contributed by atoms with van der Waals surface area (Å²) in [6.45, 7) is 4.35. The molecule has 0 aliphatic rings. The van der Waals surface area contributed by atoms with E-state index in [1.54, 1.807) is 5.38 Å². The molecular weight excluding hydrogens is 252 g/mol. The molecule has 18 heavy (non-hydrogen) atoms. The maximum atomic E-state index is 11.4. The van der Waals surface area contributed by atoms with E-state index in [9.17, 15) is 9.59 Å². The molecule has 0 fully saturated rings. The van der Waals surface area contributed by atoms with Crippen LogP contribution in [0.25, 0.3) is 0 Å². The molecule has 0 saturated heterocycles. The van der Waals surface area contributed by atoms with Crippen molar-refractivity contribution in [1.29, 1.82) is 0 Å². The van der Waals surface area contributed by atoms with Crippen molar-refractivity contribution in [3.05, 3.63) is 43.0 Å². The quantitative estimate of drug-likeness (QED) is 0.777. The minimum absolute atomic E-state index is 0.0893. The number of thiazole rings is 1.